The summed E-state index contributed by atoms with van der Waals surface area (Å²) in [4.78, 5) is 19.5. The molecule has 2 aromatic rings. The molecule has 0 spiro atoms. The molecule has 0 unspecified atom stereocenters. The number of carbonyl (C=O) groups is 1. The third-order valence-electron chi connectivity index (χ3n) is 3.27. The van der Waals surface area contributed by atoms with Gasteiger partial charge in [-0.05, 0) is 25.3 Å². The van der Waals surface area contributed by atoms with Crippen molar-refractivity contribution in [3.63, 3.8) is 0 Å². The lowest BCUT2D eigenvalue weighted by molar-refractivity contribution is 0.0951. The minimum atomic E-state index is -0.0649. The Morgan fingerprint density at radius 2 is 2.37 bits per heavy atom. The van der Waals surface area contributed by atoms with Gasteiger partial charge in [-0.25, -0.2) is 4.98 Å². The molecule has 0 aromatic carbocycles. The first kappa shape index (κ1) is 12.0. The summed E-state index contributed by atoms with van der Waals surface area (Å²) < 4.78 is 1.89. The number of carbonyl (C=O) groups excluding carboxylic acids is 1. The van der Waals surface area contributed by atoms with E-state index < -0.39 is 0 Å². The van der Waals surface area contributed by atoms with Crippen molar-refractivity contribution in [2.45, 2.75) is 32.7 Å². The Kier molecular flexibility index (Phi) is 3.06. The van der Waals surface area contributed by atoms with Crippen molar-refractivity contribution in [2.24, 2.45) is 0 Å². The summed E-state index contributed by atoms with van der Waals surface area (Å²) in [7, 11) is 0. The number of rotatable bonds is 3. The molecule has 19 heavy (non-hydrogen) atoms. The van der Waals surface area contributed by atoms with Crippen LogP contribution in [0.15, 0.2) is 12.4 Å². The van der Waals surface area contributed by atoms with E-state index in [0.29, 0.717) is 5.69 Å². The summed E-state index contributed by atoms with van der Waals surface area (Å²) in [5.74, 6) is 0.792. The Morgan fingerprint density at radius 3 is 3.16 bits per heavy atom. The Labute approximate surface area is 111 Å². The van der Waals surface area contributed by atoms with Crippen molar-refractivity contribution in [1.29, 1.82) is 0 Å². The lowest BCUT2D eigenvalue weighted by Crippen LogP contribution is -2.23. The van der Waals surface area contributed by atoms with Crippen molar-refractivity contribution in [1.82, 2.24) is 25.1 Å². The number of hydrogen-bond donors (Lipinski definition) is 2. The zero-order valence-electron chi connectivity index (χ0n) is 10.9. The number of aryl methyl sites for hydroxylation is 4. The highest BCUT2D eigenvalue weighted by Gasteiger charge is 2.19. The molecule has 0 fully saturated rings. The van der Waals surface area contributed by atoms with Crippen LogP contribution < -0.4 is 5.32 Å². The molecule has 0 radical (unpaired) electrons. The predicted octanol–water partition coefficient (Wildman–Crippen LogP) is 0.833. The molecule has 1 amide bonds. The highest BCUT2D eigenvalue weighted by molar-refractivity contribution is 5.93. The van der Waals surface area contributed by atoms with Gasteiger partial charge in [0.25, 0.3) is 5.91 Å². The largest absolute Gasteiger partial charge is 0.351 e. The Morgan fingerprint density at radius 1 is 1.47 bits per heavy atom. The maximum absolute atomic E-state index is 11.8. The van der Waals surface area contributed by atoms with Crippen LogP contribution in [0.5, 0.6) is 0 Å². The van der Waals surface area contributed by atoms with E-state index in [-0.39, 0.29) is 5.91 Å². The van der Waals surface area contributed by atoms with Crippen LogP contribution >= 0.6 is 0 Å². The number of aromatic nitrogens is 4. The summed E-state index contributed by atoms with van der Waals surface area (Å²) in [6.07, 6.45) is 6.42. The normalized spacial score (nSPS) is 14.9. The number of H-pyrrole nitrogens is 1. The highest BCUT2D eigenvalue weighted by Crippen LogP contribution is 2.12. The first-order chi connectivity index (χ1) is 9.22. The number of fused-ring (bicyclic) bond motifs is 1. The van der Waals surface area contributed by atoms with Gasteiger partial charge in [-0.3, -0.25) is 9.48 Å². The van der Waals surface area contributed by atoms with Crippen LogP contribution in [0.25, 0.3) is 0 Å². The molecular weight excluding hydrogens is 242 g/mol. The van der Waals surface area contributed by atoms with Crippen LogP contribution in [0, 0.1) is 6.92 Å². The average Bonchev–Trinajstić information content (AvgIpc) is 2.95. The van der Waals surface area contributed by atoms with E-state index in [0.717, 1.165) is 49.4 Å². The van der Waals surface area contributed by atoms with Gasteiger partial charge in [-0.1, -0.05) is 0 Å². The van der Waals surface area contributed by atoms with Crippen molar-refractivity contribution in [2.75, 3.05) is 6.54 Å². The number of hydrogen-bond acceptors (Lipinski definition) is 3. The van der Waals surface area contributed by atoms with Crippen molar-refractivity contribution in [3.05, 3.63) is 35.2 Å². The number of imidazole rings is 1. The minimum absolute atomic E-state index is 0.0649. The van der Waals surface area contributed by atoms with Gasteiger partial charge >= 0.3 is 0 Å². The summed E-state index contributed by atoms with van der Waals surface area (Å²) in [6, 6.07) is 0. The third kappa shape index (κ3) is 2.52. The van der Waals surface area contributed by atoms with Crippen LogP contribution in [-0.2, 0) is 19.4 Å². The standard InChI is InChI=1S/C13H17N5O/c1-9-7-15-18(8-9)6-4-11-16-10-3-2-5-14-13(19)12(10)17-11/h7-8H,2-6H2,1H3,(H,14,19)(H,16,17). The molecule has 1 aliphatic rings. The summed E-state index contributed by atoms with van der Waals surface area (Å²) in [6.45, 7) is 3.51. The van der Waals surface area contributed by atoms with Crippen molar-refractivity contribution < 1.29 is 4.79 Å². The zero-order valence-corrected chi connectivity index (χ0v) is 10.9. The fourth-order valence-electron chi connectivity index (χ4n) is 2.31. The lowest BCUT2D eigenvalue weighted by atomic mass is 10.2. The van der Waals surface area contributed by atoms with E-state index in [9.17, 15) is 4.79 Å². The first-order valence-electron chi connectivity index (χ1n) is 6.57. The van der Waals surface area contributed by atoms with E-state index in [1.807, 2.05) is 24.0 Å². The molecule has 6 nitrogen and oxygen atoms in total. The molecule has 2 N–H and O–H groups in total. The van der Waals surface area contributed by atoms with E-state index in [2.05, 4.69) is 20.4 Å². The van der Waals surface area contributed by atoms with E-state index in [1.54, 1.807) is 0 Å². The van der Waals surface area contributed by atoms with Crippen LogP contribution in [0.1, 0.15) is 34.0 Å². The van der Waals surface area contributed by atoms with Gasteiger partial charge in [-0.2, -0.15) is 5.10 Å². The van der Waals surface area contributed by atoms with Crippen molar-refractivity contribution in [3.8, 4) is 0 Å². The van der Waals surface area contributed by atoms with Gasteiger partial charge in [-0.15, -0.1) is 0 Å². The monoisotopic (exact) mass is 259 g/mol. The number of amides is 1. The van der Waals surface area contributed by atoms with Gasteiger partial charge < -0.3 is 10.3 Å². The fraction of sp³-hybridized carbons (Fsp3) is 0.462. The molecule has 0 bridgehead atoms. The van der Waals surface area contributed by atoms with Crippen LogP contribution in [0.3, 0.4) is 0 Å². The van der Waals surface area contributed by atoms with Crippen LogP contribution in [-0.4, -0.2) is 32.2 Å². The topological polar surface area (TPSA) is 75.6 Å². The Balaban J connectivity index is 1.72. The van der Waals surface area contributed by atoms with Crippen LogP contribution in [0.4, 0.5) is 0 Å². The van der Waals surface area contributed by atoms with Gasteiger partial charge in [0.2, 0.25) is 0 Å². The summed E-state index contributed by atoms with van der Waals surface area (Å²) in [5, 5.41) is 7.09. The Bertz CT molecular complexity index is 598. The molecule has 6 heteroatoms. The van der Waals surface area contributed by atoms with E-state index >= 15 is 0 Å². The summed E-state index contributed by atoms with van der Waals surface area (Å²) >= 11 is 0. The Hall–Kier alpha value is -2.11. The van der Waals surface area contributed by atoms with E-state index in [1.165, 1.54) is 0 Å². The maximum atomic E-state index is 11.8. The average molecular weight is 259 g/mol. The van der Waals surface area contributed by atoms with Gasteiger partial charge in [0.1, 0.15) is 11.5 Å². The third-order valence-corrected chi connectivity index (χ3v) is 3.27. The molecule has 0 saturated heterocycles. The fourth-order valence-corrected chi connectivity index (χ4v) is 2.31. The highest BCUT2D eigenvalue weighted by atomic mass is 16.1. The molecule has 2 aromatic heterocycles. The second kappa shape index (κ2) is 4.87. The smallest absolute Gasteiger partial charge is 0.271 e. The second-order valence-electron chi connectivity index (χ2n) is 4.90. The lowest BCUT2D eigenvalue weighted by Gasteiger charge is -1.99. The SMILES string of the molecule is Cc1cnn(CCc2nc3c([nH]2)CCCNC3=O)c1. The minimum Gasteiger partial charge on any atom is -0.351 e. The molecule has 0 atom stereocenters. The number of aromatic amines is 1. The molecule has 3 rings (SSSR count). The van der Waals surface area contributed by atoms with Crippen molar-refractivity contribution >= 4 is 5.91 Å². The van der Waals surface area contributed by atoms with E-state index in [4.69, 9.17) is 0 Å². The molecule has 100 valence electrons. The van der Waals surface area contributed by atoms with Crippen LogP contribution in [0.2, 0.25) is 0 Å². The maximum Gasteiger partial charge on any atom is 0.271 e. The quantitative estimate of drug-likeness (QED) is 0.857. The van der Waals surface area contributed by atoms with Gasteiger partial charge in [0.15, 0.2) is 0 Å². The predicted molar refractivity (Wildman–Crippen MR) is 69.9 cm³/mol. The first-order valence-corrected chi connectivity index (χ1v) is 6.57. The number of nitrogens with zero attached hydrogens (tertiary/aromatic N) is 3. The second-order valence-corrected chi connectivity index (χ2v) is 4.90. The number of nitrogens with one attached hydrogen (secondary N) is 2. The molecule has 1 aliphatic heterocycles. The molecule has 3 heterocycles. The van der Waals surface area contributed by atoms with Gasteiger partial charge in [0, 0.05) is 31.4 Å². The zero-order chi connectivity index (χ0) is 13.2. The van der Waals surface area contributed by atoms with Gasteiger partial charge in [0.05, 0.1) is 6.20 Å². The summed E-state index contributed by atoms with van der Waals surface area (Å²) in [5.41, 5.74) is 2.67. The molecule has 0 aliphatic carbocycles. The molecule has 0 saturated carbocycles. The molecular formula is C13H17N5O.